The zero-order chi connectivity index (χ0) is 14.9. The number of pyridine rings is 1. The lowest BCUT2D eigenvalue weighted by Gasteiger charge is -2.40. The minimum atomic E-state index is -0.0977. The van der Waals surface area contributed by atoms with Crippen molar-refractivity contribution in [3.05, 3.63) is 35.9 Å². The molecule has 0 saturated carbocycles. The van der Waals surface area contributed by atoms with Crippen LogP contribution in [-0.2, 0) is 4.74 Å². The van der Waals surface area contributed by atoms with Gasteiger partial charge in [0.2, 0.25) is 0 Å². The van der Waals surface area contributed by atoms with Crippen LogP contribution in [0.25, 0.3) is 10.9 Å². The van der Waals surface area contributed by atoms with Crippen molar-refractivity contribution in [2.24, 2.45) is 0 Å². The van der Waals surface area contributed by atoms with Gasteiger partial charge in [-0.25, -0.2) is 4.98 Å². The van der Waals surface area contributed by atoms with E-state index in [2.05, 4.69) is 24.8 Å². The van der Waals surface area contributed by atoms with Crippen LogP contribution in [0.2, 0.25) is 0 Å². The van der Waals surface area contributed by atoms with Crippen LogP contribution in [0.3, 0.4) is 0 Å². The highest BCUT2D eigenvalue weighted by Crippen LogP contribution is 2.26. The third kappa shape index (κ3) is 2.70. The molecule has 0 N–H and O–H groups in total. The number of morpholine rings is 1. The van der Waals surface area contributed by atoms with E-state index in [1.165, 1.54) is 0 Å². The molecule has 1 saturated heterocycles. The van der Waals surface area contributed by atoms with Crippen molar-refractivity contribution in [2.75, 3.05) is 24.6 Å². The van der Waals surface area contributed by atoms with E-state index in [9.17, 15) is 0 Å². The maximum absolute atomic E-state index is 8.95. The molecule has 1 atom stereocenters. The van der Waals surface area contributed by atoms with Crippen LogP contribution in [0.4, 0.5) is 5.82 Å². The number of nitriles is 1. The van der Waals surface area contributed by atoms with Gasteiger partial charge in [-0.1, -0.05) is 6.92 Å². The van der Waals surface area contributed by atoms with Crippen LogP contribution in [0.5, 0.6) is 0 Å². The van der Waals surface area contributed by atoms with Gasteiger partial charge in [0.05, 0.1) is 29.4 Å². The molecule has 1 aromatic carbocycles. The van der Waals surface area contributed by atoms with Crippen molar-refractivity contribution in [3.63, 3.8) is 0 Å². The molecule has 1 aliphatic rings. The summed E-state index contributed by atoms with van der Waals surface area (Å²) in [6.45, 7) is 6.76. The lowest BCUT2D eigenvalue weighted by atomic mass is 10.0. The minimum Gasteiger partial charge on any atom is -0.372 e. The van der Waals surface area contributed by atoms with Gasteiger partial charge < -0.3 is 9.64 Å². The SMILES string of the molecule is CCC1(C)CN(c2ccc3cc(C#N)ccc3n2)CCO1. The molecule has 0 aliphatic carbocycles. The Morgan fingerprint density at radius 3 is 3.00 bits per heavy atom. The number of aromatic nitrogens is 1. The number of hydrogen-bond acceptors (Lipinski definition) is 4. The molecule has 1 aromatic heterocycles. The summed E-state index contributed by atoms with van der Waals surface area (Å²) in [7, 11) is 0. The van der Waals surface area contributed by atoms with E-state index in [0.717, 1.165) is 42.8 Å². The van der Waals surface area contributed by atoms with Crippen molar-refractivity contribution in [1.82, 2.24) is 4.98 Å². The highest BCUT2D eigenvalue weighted by Gasteiger charge is 2.30. The Hall–Kier alpha value is -2.12. The van der Waals surface area contributed by atoms with Crippen LogP contribution >= 0.6 is 0 Å². The summed E-state index contributed by atoms with van der Waals surface area (Å²) in [4.78, 5) is 7.02. The van der Waals surface area contributed by atoms with Gasteiger partial charge in [0, 0.05) is 18.5 Å². The average molecular weight is 281 g/mol. The highest BCUT2D eigenvalue weighted by atomic mass is 16.5. The Kier molecular flexibility index (Phi) is 3.52. The molecule has 0 amide bonds. The Labute approximate surface area is 125 Å². The lowest BCUT2D eigenvalue weighted by molar-refractivity contribution is -0.0443. The molecule has 1 fully saturated rings. The summed E-state index contributed by atoms with van der Waals surface area (Å²) < 4.78 is 5.88. The minimum absolute atomic E-state index is 0.0977. The maximum atomic E-state index is 8.95. The normalized spacial score (nSPS) is 22.2. The first-order valence-corrected chi connectivity index (χ1v) is 7.33. The zero-order valence-electron chi connectivity index (χ0n) is 12.5. The molecule has 1 unspecified atom stereocenters. The first kappa shape index (κ1) is 13.8. The van der Waals surface area contributed by atoms with E-state index < -0.39 is 0 Å². The number of rotatable bonds is 2. The smallest absolute Gasteiger partial charge is 0.129 e. The zero-order valence-corrected chi connectivity index (χ0v) is 12.5. The van der Waals surface area contributed by atoms with Crippen LogP contribution in [0.1, 0.15) is 25.8 Å². The maximum Gasteiger partial charge on any atom is 0.129 e. The molecule has 0 bridgehead atoms. The summed E-state index contributed by atoms with van der Waals surface area (Å²) in [5, 5.41) is 9.95. The predicted molar refractivity (Wildman–Crippen MR) is 83.3 cm³/mol. The van der Waals surface area contributed by atoms with Crippen molar-refractivity contribution >= 4 is 16.7 Å². The Balaban J connectivity index is 1.92. The summed E-state index contributed by atoms with van der Waals surface area (Å²) in [6, 6.07) is 11.8. The molecule has 4 nitrogen and oxygen atoms in total. The van der Waals surface area contributed by atoms with Gasteiger partial charge in [-0.05, 0) is 43.7 Å². The van der Waals surface area contributed by atoms with E-state index in [1.807, 2.05) is 30.3 Å². The van der Waals surface area contributed by atoms with Crippen molar-refractivity contribution in [1.29, 1.82) is 5.26 Å². The van der Waals surface area contributed by atoms with Gasteiger partial charge >= 0.3 is 0 Å². The van der Waals surface area contributed by atoms with E-state index in [0.29, 0.717) is 5.56 Å². The monoisotopic (exact) mass is 281 g/mol. The third-order valence-corrected chi connectivity index (χ3v) is 4.21. The predicted octanol–water partition coefficient (Wildman–Crippen LogP) is 3.11. The molecular formula is C17H19N3O. The highest BCUT2D eigenvalue weighted by molar-refractivity contribution is 5.81. The second-order valence-corrected chi connectivity index (χ2v) is 5.76. The largest absolute Gasteiger partial charge is 0.372 e. The fourth-order valence-electron chi connectivity index (χ4n) is 2.70. The molecule has 21 heavy (non-hydrogen) atoms. The van der Waals surface area contributed by atoms with Gasteiger partial charge in [0.1, 0.15) is 5.82 Å². The van der Waals surface area contributed by atoms with Crippen molar-refractivity contribution in [2.45, 2.75) is 25.9 Å². The third-order valence-electron chi connectivity index (χ3n) is 4.21. The van der Waals surface area contributed by atoms with E-state index >= 15 is 0 Å². The van der Waals surface area contributed by atoms with E-state index in [1.54, 1.807) is 0 Å². The van der Waals surface area contributed by atoms with Crippen LogP contribution in [0, 0.1) is 11.3 Å². The first-order valence-electron chi connectivity index (χ1n) is 7.33. The molecule has 0 spiro atoms. The summed E-state index contributed by atoms with van der Waals surface area (Å²) >= 11 is 0. The van der Waals surface area contributed by atoms with Gasteiger partial charge in [-0.3, -0.25) is 0 Å². The summed E-state index contributed by atoms with van der Waals surface area (Å²) in [5.74, 6) is 0.982. The van der Waals surface area contributed by atoms with Gasteiger partial charge in [-0.15, -0.1) is 0 Å². The van der Waals surface area contributed by atoms with Crippen LogP contribution in [0.15, 0.2) is 30.3 Å². The number of ether oxygens (including phenoxy) is 1. The number of hydrogen-bond donors (Lipinski definition) is 0. The molecule has 3 rings (SSSR count). The first-order chi connectivity index (χ1) is 10.1. The van der Waals surface area contributed by atoms with Gasteiger partial charge in [-0.2, -0.15) is 5.26 Å². The molecule has 4 heteroatoms. The lowest BCUT2D eigenvalue weighted by Crippen LogP contribution is -2.50. The summed E-state index contributed by atoms with van der Waals surface area (Å²) in [5.41, 5.74) is 1.50. The Bertz CT molecular complexity index is 707. The molecule has 0 radical (unpaired) electrons. The number of fused-ring (bicyclic) bond motifs is 1. The standard InChI is InChI=1S/C17H19N3O/c1-3-17(2)12-20(8-9-21-17)16-7-5-14-10-13(11-18)4-6-15(14)19-16/h4-7,10H,3,8-9,12H2,1-2H3. The van der Waals surface area contributed by atoms with E-state index in [4.69, 9.17) is 15.0 Å². The quantitative estimate of drug-likeness (QED) is 0.848. The average Bonchev–Trinajstić information content (AvgIpc) is 2.54. The number of benzene rings is 1. The molecule has 2 heterocycles. The van der Waals surface area contributed by atoms with Crippen LogP contribution in [-0.4, -0.2) is 30.3 Å². The molecule has 108 valence electrons. The fourth-order valence-corrected chi connectivity index (χ4v) is 2.70. The second-order valence-electron chi connectivity index (χ2n) is 5.76. The van der Waals surface area contributed by atoms with Crippen LogP contribution < -0.4 is 4.90 Å². The number of nitrogens with zero attached hydrogens (tertiary/aromatic N) is 3. The van der Waals surface area contributed by atoms with Crippen molar-refractivity contribution < 1.29 is 4.74 Å². The number of anilines is 1. The second kappa shape index (κ2) is 5.34. The van der Waals surface area contributed by atoms with Gasteiger partial charge in [0.15, 0.2) is 0 Å². The topological polar surface area (TPSA) is 49.2 Å². The summed E-state index contributed by atoms with van der Waals surface area (Å²) in [6.07, 6.45) is 0.989. The van der Waals surface area contributed by atoms with E-state index in [-0.39, 0.29) is 5.60 Å². The Morgan fingerprint density at radius 1 is 1.38 bits per heavy atom. The Morgan fingerprint density at radius 2 is 2.24 bits per heavy atom. The molecular weight excluding hydrogens is 262 g/mol. The van der Waals surface area contributed by atoms with Gasteiger partial charge in [0.25, 0.3) is 0 Å². The fraction of sp³-hybridized carbons (Fsp3) is 0.412. The molecule has 1 aliphatic heterocycles. The van der Waals surface area contributed by atoms with Crippen molar-refractivity contribution in [3.8, 4) is 6.07 Å². The molecule has 2 aromatic rings.